The normalized spacial score (nSPS) is 17.5. The van der Waals surface area contributed by atoms with Gasteiger partial charge in [-0.2, -0.15) is 0 Å². The quantitative estimate of drug-likeness (QED) is 0.477. The highest BCUT2D eigenvalue weighted by Gasteiger charge is 2.25. The highest BCUT2D eigenvalue weighted by atomic mass is 32.1. The number of aryl methyl sites for hydroxylation is 1. The molecule has 2 aliphatic rings. The van der Waals surface area contributed by atoms with Crippen molar-refractivity contribution < 1.29 is 18.9 Å². The van der Waals surface area contributed by atoms with Crippen LogP contribution in [0.4, 0.5) is 0 Å². The van der Waals surface area contributed by atoms with Crippen molar-refractivity contribution in [2.45, 2.75) is 44.6 Å². The summed E-state index contributed by atoms with van der Waals surface area (Å²) in [5, 5.41) is 0. The van der Waals surface area contributed by atoms with Crippen LogP contribution in [-0.2, 0) is 25.7 Å². The van der Waals surface area contributed by atoms with Crippen LogP contribution in [0.1, 0.15) is 35.1 Å². The third kappa shape index (κ3) is 5.67. The molecule has 2 aromatic rings. The Balaban J connectivity index is 1.32. The van der Waals surface area contributed by atoms with E-state index in [2.05, 4.69) is 41.1 Å². The fraction of sp³-hybridized carbons (Fsp3) is 0.536. The lowest BCUT2D eigenvalue weighted by Gasteiger charge is -2.33. The van der Waals surface area contributed by atoms with E-state index >= 15 is 0 Å². The molecule has 4 rings (SSSR count). The van der Waals surface area contributed by atoms with Crippen LogP contribution in [0.25, 0.3) is 0 Å². The zero-order chi connectivity index (χ0) is 24.9. The van der Waals surface area contributed by atoms with Crippen LogP contribution < -0.4 is 18.9 Å². The van der Waals surface area contributed by atoms with Crippen LogP contribution in [0.15, 0.2) is 24.3 Å². The van der Waals surface area contributed by atoms with Gasteiger partial charge in [0, 0.05) is 25.6 Å². The molecular weight excluding hydrogens is 460 g/mol. The van der Waals surface area contributed by atoms with Crippen LogP contribution in [0.2, 0.25) is 0 Å². The van der Waals surface area contributed by atoms with E-state index in [1.54, 1.807) is 28.4 Å². The Kier molecular flexibility index (Phi) is 8.39. The van der Waals surface area contributed by atoms with Gasteiger partial charge in [-0.3, -0.25) is 0 Å². The molecule has 0 spiro atoms. The van der Waals surface area contributed by atoms with E-state index in [0.717, 1.165) is 79.7 Å². The van der Waals surface area contributed by atoms with Crippen molar-refractivity contribution in [1.29, 1.82) is 0 Å². The molecule has 1 aliphatic heterocycles. The first-order chi connectivity index (χ1) is 17.0. The van der Waals surface area contributed by atoms with Gasteiger partial charge < -0.3 is 28.7 Å². The molecule has 1 atom stereocenters. The van der Waals surface area contributed by atoms with E-state index in [1.165, 1.54) is 28.7 Å². The van der Waals surface area contributed by atoms with E-state index in [4.69, 9.17) is 31.2 Å². The highest BCUT2D eigenvalue weighted by molar-refractivity contribution is 7.80. The monoisotopic (exact) mass is 498 g/mol. The number of benzene rings is 2. The maximum absolute atomic E-state index is 5.84. The van der Waals surface area contributed by atoms with Gasteiger partial charge in [-0.05, 0) is 92.2 Å². The topological polar surface area (TPSA) is 43.4 Å². The second-order valence-electron chi connectivity index (χ2n) is 9.49. The minimum atomic E-state index is 0.542. The van der Waals surface area contributed by atoms with Crippen molar-refractivity contribution in [3.63, 3.8) is 0 Å². The van der Waals surface area contributed by atoms with Gasteiger partial charge in [0.2, 0.25) is 0 Å². The molecule has 0 amide bonds. The van der Waals surface area contributed by atoms with Crippen LogP contribution in [-0.4, -0.2) is 76.0 Å². The van der Waals surface area contributed by atoms with Crippen molar-refractivity contribution in [3.05, 3.63) is 46.5 Å². The largest absolute Gasteiger partial charge is 0.493 e. The summed E-state index contributed by atoms with van der Waals surface area (Å²) in [6.07, 6.45) is 6.14. The van der Waals surface area contributed by atoms with Crippen LogP contribution in [0.5, 0.6) is 23.0 Å². The standard InChI is InChI=1S/C28H38N2O4S/c1-29(23-8-7-19-14-24(31-2)26(33-4)16-21(19)13-23)10-6-11-30-12-9-20-15-25(32-3)27(34-5)17-22(20)18-28(30)35/h14-17,23H,6-13,18H2,1-5H3. The predicted octanol–water partition coefficient (Wildman–Crippen LogP) is 4.33. The Labute approximate surface area is 215 Å². The molecular formula is C28H38N2O4S. The van der Waals surface area contributed by atoms with Gasteiger partial charge in [-0.15, -0.1) is 0 Å². The average Bonchev–Trinajstić information content (AvgIpc) is 3.03. The Morgan fingerprint density at radius 2 is 1.37 bits per heavy atom. The van der Waals surface area contributed by atoms with Crippen LogP contribution >= 0.6 is 12.2 Å². The molecule has 0 radical (unpaired) electrons. The van der Waals surface area contributed by atoms with Gasteiger partial charge in [0.1, 0.15) is 0 Å². The lowest BCUT2D eigenvalue weighted by atomic mass is 9.87. The molecule has 0 saturated heterocycles. The highest BCUT2D eigenvalue weighted by Crippen LogP contribution is 2.35. The molecule has 2 aromatic carbocycles. The summed E-state index contributed by atoms with van der Waals surface area (Å²) in [5.41, 5.74) is 5.32. The molecule has 0 saturated carbocycles. The first kappa shape index (κ1) is 25.6. The lowest BCUT2D eigenvalue weighted by molar-refractivity contribution is 0.212. The first-order valence-electron chi connectivity index (χ1n) is 12.4. The van der Waals surface area contributed by atoms with Crippen molar-refractivity contribution in [3.8, 4) is 23.0 Å². The van der Waals surface area contributed by atoms with E-state index in [9.17, 15) is 0 Å². The number of nitrogens with zero attached hydrogens (tertiary/aromatic N) is 2. The number of likely N-dealkylation sites (N-methyl/N-ethyl adjacent to an activating group) is 1. The molecule has 0 fully saturated rings. The maximum atomic E-state index is 5.84. The number of methoxy groups -OCH3 is 4. The summed E-state index contributed by atoms with van der Waals surface area (Å²) < 4.78 is 22.0. The zero-order valence-corrected chi connectivity index (χ0v) is 22.5. The van der Waals surface area contributed by atoms with Gasteiger partial charge in [0.15, 0.2) is 23.0 Å². The number of rotatable bonds is 9. The molecule has 0 bridgehead atoms. The van der Waals surface area contributed by atoms with Crippen LogP contribution in [0.3, 0.4) is 0 Å². The first-order valence-corrected chi connectivity index (χ1v) is 12.8. The predicted molar refractivity (Wildman–Crippen MR) is 144 cm³/mol. The summed E-state index contributed by atoms with van der Waals surface area (Å²) in [4.78, 5) is 5.92. The minimum Gasteiger partial charge on any atom is -0.493 e. The molecule has 7 heteroatoms. The number of hydrogen-bond donors (Lipinski definition) is 0. The maximum Gasteiger partial charge on any atom is 0.161 e. The van der Waals surface area contributed by atoms with Gasteiger partial charge in [0.05, 0.1) is 33.4 Å². The second kappa shape index (κ2) is 11.5. The summed E-state index contributed by atoms with van der Waals surface area (Å²) in [6.45, 7) is 2.99. The van der Waals surface area contributed by atoms with E-state index < -0.39 is 0 Å². The minimum absolute atomic E-state index is 0.542. The molecule has 1 unspecified atom stereocenters. The summed E-state index contributed by atoms with van der Waals surface area (Å²) >= 11 is 5.84. The third-order valence-corrected chi connectivity index (χ3v) is 7.92. The Hall–Kier alpha value is -2.51. The molecule has 6 nitrogen and oxygen atoms in total. The van der Waals surface area contributed by atoms with Crippen LogP contribution in [0, 0.1) is 0 Å². The summed E-state index contributed by atoms with van der Waals surface area (Å²) in [7, 11) is 9.03. The van der Waals surface area contributed by atoms with Gasteiger partial charge >= 0.3 is 0 Å². The number of thiocarbonyl (C=S) groups is 1. The fourth-order valence-electron chi connectivity index (χ4n) is 5.39. The van der Waals surface area contributed by atoms with Crippen molar-refractivity contribution in [2.24, 2.45) is 0 Å². The number of ether oxygens (including phenoxy) is 4. The van der Waals surface area contributed by atoms with E-state index in [1.807, 2.05) is 0 Å². The van der Waals surface area contributed by atoms with Gasteiger partial charge in [0.25, 0.3) is 0 Å². The van der Waals surface area contributed by atoms with Crippen molar-refractivity contribution in [2.75, 3.05) is 55.1 Å². The number of hydrogen-bond acceptors (Lipinski definition) is 6. The zero-order valence-electron chi connectivity index (χ0n) is 21.7. The SMILES string of the molecule is COc1cc2c(cc1OC)CC(=S)N(CCCN(C)C1CCc3cc(OC)c(OC)cc3C1)CC2. The molecule has 35 heavy (non-hydrogen) atoms. The number of fused-ring (bicyclic) bond motifs is 2. The Morgan fingerprint density at radius 3 is 1.97 bits per heavy atom. The fourth-order valence-corrected chi connectivity index (χ4v) is 5.72. The van der Waals surface area contributed by atoms with Crippen molar-refractivity contribution in [1.82, 2.24) is 9.80 Å². The molecule has 1 heterocycles. The molecule has 190 valence electrons. The third-order valence-electron chi connectivity index (χ3n) is 7.52. The lowest BCUT2D eigenvalue weighted by Crippen LogP contribution is -2.39. The van der Waals surface area contributed by atoms with E-state index in [-0.39, 0.29) is 0 Å². The molecule has 1 aliphatic carbocycles. The summed E-state index contributed by atoms with van der Waals surface area (Å²) in [5.74, 6) is 3.21. The van der Waals surface area contributed by atoms with Crippen molar-refractivity contribution >= 4 is 17.2 Å². The Bertz CT molecular complexity index is 1060. The van der Waals surface area contributed by atoms with Gasteiger partial charge in [-0.1, -0.05) is 12.2 Å². The molecule has 0 N–H and O–H groups in total. The molecule has 0 aromatic heterocycles. The van der Waals surface area contributed by atoms with Gasteiger partial charge in [-0.25, -0.2) is 0 Å². The average molecular weight is 499 g/mol. The van der Waals surface area contributed by atoms with E-state index in [0.29, 0.717) is 6.04 Å². The Morgan fingerprint density at radius 1 is 0.829 bits per heavy atom. The smallest absolute Gasteiger partial charge is 0.161 e. The second-order valence-corrected chi connectivity index (χ2v) is 9.96. The summed E-state index contributed by atoms with van der Waals surface area (Å²) in [6, 6.07) is 9.04.